The van der Waals surface area contributed by atoms with Crippen LogP contribution in [-0.4, -0.2) is 0 Å². The second-order valence-electron chi connectivity index (χ2n) is 7.20. The summed E-state index contributed by atoms with van der Waals surface area (Å²) < 4.78 is 0. The van der Waals surface area contributed by atoms with Crippen molar-refractivity contribution in [1.82, 2.24) is 0 Å². The monoisotopic (exact) mass is 190 g/mol. The van der Waals surface area contributed by atoms with Crippen molar-refractivity contribution in [3.05, 3.63) is 0 Å². The van der Waals surface area contributed by atoms with Gasteiger partial charge in [0.05, 0.1) is 0 Å². The van der Waals surface area contributed by atoms with E-state index in [1.807, 2.05) is 0 Å². The molecule has 0 saturated heterocycles. The summed E-state index contributed by atoms with van der Waals surface area (Å²) in [6.07, 6.45) is 11.0. The highest BCUT2D eigenvalue weighted by Gasteiger charge is 2.78. The van der Waals surface area contributed by atoms with Crippen LogP contribution in [0.15, 0.2) is 0 Å². The highest BCUT2D eigenvalue weighted by molar-refractivity contribution is 5.27. The van der Waals surface area contributed by atoms with Crippen molar-refractivity contribution >= 4 is 0 Å². The lowest BCUT2D eigenvalue weighted by Crippen LogP contribution is -2.57. The Labute approximate surface area is 87.5 Å². The van der Waals surface area contributed by atoms with Crippen LogP contribution >= 0.6 is 0 Å². The molecule has 0 aromatic heterocycles. The van der Waals surface area contributed by atoms with E-state index in [0.29, 0.717) is 0 Å². The van der Waals surface area contributed by atoms with E-state index >= 15 is 0 Å². The number of hydrogen-bond acceptors (Lipinski definition) is 0. The fraction of sp³-hybridized carbons (Fsp3) is 1.00. The van der Waals surface area contributed by atoms with Gasteiger partial charge in [0.15, 0.2) is 0 Å². The molecule has 1 spiro atoms. The molecule has 0 heterocycles. The van der Waals surface area contributed by atoms with E-state index < -0.39 is 0 Å². The van der Waals surface area contributed by atoms with Crippen molar-refractivity contribution in [2.75, 3.05) is 0 Å². The van der Waals surface area contributed by atoms with E-state index in [0.717, 1.165) is 28.1 Å². The predicted octanol–water partition coefficient (Wildman–Crippen LogP) is 4.00. The molecule has 0 N–H and O–H groups in total. The van der Waals surface area contributed by atoms with E-state index in [1.54, 1.807) is 44.9 Å². The summed E-state index contributed by atoms with van der Waals surface area (Å²) in [6.45, 7) is 5.26. The van der Waals surface area contributed by atoms with Gasteiger partial charge in [0.2, 0.25) is 0 Å². The SMILES string of the molecule is C[C@]12CC[C@H]3CC[C@]4(C)C[C@@H](CC1)C324. The zero-order valence-electron chi connectivity index (χ0n) is 9.60. The maximum Gasteiger partial charge on any atom is -0.0133 e. The first-order chi connectivity index (χ1) is 6.62. The zero-order valence-corrected chi connectivity index (χ0v) is 9.60. The Kier molecular flexibility index (Phi) is 1.14. The Morgan fingerprint density at radius 2 is 1.36 bits per heavy atom. The lowest BCUT2D eigenvalue weighted by Gasteiger charge is -2.63. The van der Waals surface area contributed by atoms with Crippen LogP contribution in [0.1, 0.15) is 58.8 Å². The minimum absolute atomic E-state index is 0.770. The predicted molar refractivity (Wildman–Crippen MR) is 57.9 cm³/mol. The van der Waals surface area contributed by atoms with Crippen molar-refractivity contribution < 1.29 is 0 Å². The third kappa shape index (κ3) is 0.517. The average molecular weight is 190 g/mol. The minimum atomic E-state index is 0.770. The molecule has 0 aliphatic heterocycles. The molecule has 4 rings (SSSR count). The van der Waals surface area contributed by atoms with E-state index in [1.165, 1.54) is 0 Å². The van der Waals surface area contributed by atoms with Crippen LogP contribution in [0.4, 0.5) is 0 Å². The smallest absolute Gasteiger partial charge is 0.0133 e. The Morgan fingerprint density at radius 3 is 2.07 bits per heavy atom. The van der Waals surface area contributed by atoms with Crippen molar-refractivity contribution in [2.45, 2.75) is 58.8 Å². The fourth-order valence-corrected chi connectivity index (χ4v) is 7.03. The van der Waals surface area contributed by atoms with Crippen LogP contribution in [0, 0.1) is 28.1 Å². The van der Waals surface area contributed by atoms with Crippen LogP contribution in [0.5, 0.6) is 0 Å². The first-order valence-corrected chi connectivity index (χ1v) is 6.62. The van der Waals surface area contributed by atoms with E-state index in [4.69, 9.17) is 0 Å². The largest absolute Gasteiger partial charge is 0.0591 e. The highest BCUT2D eigenvalue weighted by atomic mass is 14.8. The van der Waals surface area contributed by atoms with Gasteiger partial charge >= 0.3 is 0 Å². The Hall–Kier alpha value is 0. The zero-order chi connectivity index (χ0) is 9.60. The van der Waals surface area contributed by atoms with Crippen molar-refractivity contribution in [3.8, 4) is 0 Å². The maximum absolute atomic E-state index is 2.63. The molecule has 0 aromatic rings. The fourth-order valence-electron chi connectivity index (χ4n) is 7.03. The molecule has 4 saturated carbocycles. The summed E-state index contributed by atoms with van der Waals surface area (Å²) in [4.78, 5) is 0. The third-order valence-electron chi connectivity index (χ3n) is 7.12. The van der Waals surface area contributed by atoms with Crippen LogP contribution < -0.4 is 0 Å². The molecule has 0 aromatic carbocycles. The van der Waals surface area contributed by atoms with Crippen LogP contribution in [0.25, 0.3) is 0 Å². The second-order valence-corrected chi connectivity index (χ2v) is 7.20. The lowest BCUT2D eigenvalue weighted by atomic mass is 9.41. The molecule has 4 aliphatic carbocycles. The maximum atomic E-state index is 2.63. The minimum Gasteiger partial charge on any atom is -0.0591 e. The van der Waals surface area contributed by atoms with Crippen LogP contribution in [0.2, 0.25) is 0 Å². The van der Waals surface area contributed by atoms with Crippen molar-refractivity contribution in [1.29, 1.82) is 0 Å². The molecule has 0 radical (unpaired) electrons. The molecule has 0 bridgehead atoms. The molecule has 4 aliphatic rings. The molecular formula is C14H22. The first-order valence-electron chi connectivity index (χ1n) is 6.62. The van der Waals surface area contributed by atoms with Gasteiger partial charge in [0, 0.05) is 0 Å². The van der Waals surface area contributed by atoms with Crippen molar-refractivity contribution in [3.63, 3.8) is 0 Å². The van der Waals surface area contributed by atoms with Gasteiger partial charge in [-0.1, -0.05) is 13.8 Å². The molecule has 4 fully saturated rings. The van der Waals surface area contributed by atoms with Crippen molar-refractivity contribution in [2.24, 2.45) is 28.1 Å². The summed E-state index contributed by atoms with van der Waals surface area (Å²) in [7, 11) is 0. The van der Waals surface area contributed by atoms with Crippen LogP contribution in [0.3, 0.4) is 0 Å². The van der Waals surface area contributed by atoms with Crippen LogP contribution in [-0.2, 0) is 0 Å². The van der Waals surface area contributed by atoms with E-state index in [2.05, 4.69) is 13.8 Å². The van der Waals surface area contributed by atoms with Gasteiger partial charge in [0.1, 0.15) is 0 Å². The molecule has 14 heavy (non-hydrogen) atoms. The summed E-state index contributed by atoms with van der Waals surface area (Å²) in [6, 6.07) is 0. The first kappa shape index (κ1) is 8.19. The summed E-state index contributed by atoms with van der Waals surface area (Å²) in [5, 5.41) is 0. The van der Waals surface area contributed by atoms with Gasteiger partial charge < -0.3 is 0 Å². The van der Waals surface area contributed by atoms with Gasteiger partial charge in [-0.15, -0.1) is 0 Å². The van der Waals surface area contributed by atoms with E-state index in [-0.39, 0.29) is 0 Å². The highest BCUT2D eigenvalue weighted by Crippen LogP contribution is 2.86. The third-order valence-corrected chi connectivity index (χ3v) is 7.12. The normalized spacial score (nSPS) is 69.0. The molecule has 1 unspecified atom stereocenters. The Bertz CT molecular complexity index is 301. The molecule has 0 heteroatoms. The molecule has 5 atom stereocenters. The Morgan fingerprint density at radius 1 is 0.786 bits per heavy atom. The summed E-state index contributed by atoms with van der Waals surface area (Å²) >= 11 is 0. The van der Waals surface area contributed by atoms with Gasteiger partial charge in [-0.3, -0.25) is 0 Å². The second kappa shape index (κ2) is 1.95. The molecule has 0 amide bonds. The summed E-state index contributed by atoms with van der Waals surface area (Å²) in [5.74, 6) is 2.28. The molecular weight excluding hydrogens is 168 g/mol. The average Bonchev–Trinajstić information content (AvgIpc) is 2.63. The van der Waals surface area contributed by atoms with Gasteiger partial charge in [-0.05, 0) is 73.0 Å². The van der Waals surface area contributed by atoms with Gasteiger partial charge in [0.25, 0.3) is 0 Å². The number of rotatable bonds is 0. The van der Waals surface area contributed by atoms with Gasteiger partial charge in [-0.2, -0.15) is 0 Å². The summed E-state index contributed by atoms with van der Waals surface area (Å²) in [5.41, 5.74) is 2.40. The number of hydrogen-bond donors (Lipinski definition) is 0. The molecule has 78 valence electrons. The standard InChI is InChI=1S/C14H22/c1-12-6-3-10-4-8-13(2)9-11(5-7-12)14(10,12)13/h10-11H,3-9H2,1-2H3/t10-,11+,12-,13+,14?/m0/s1. The van der Waals surface area contributed by atoms with Gasteiger partial charge in [-0.25, -0.2) is 0 Å². The molecule has 0 nitrogen and oxygen atoms in total. The Balaban J connectivity index is 1.94. The van der Waals surface area contributed by atoms with E-state index in [9.17, 15) is 0 Å². The topological polar surface area (TPSA) is 0 Å². The quantitative estimate of drug-likeness (QED) is 0.541. The lowest BCUT2D eigenvalue weighted by molar-refractivity contribution is -0.153.